The Bertz CT molecular complexity index is 662. The van der Waals surface area contributed by atoms with Crippen LogP contribution < -0.4 is 18.9 Å². The summed E-state index contributed by atoms with van der Waals surface area (Å²) in [6, 6.07) is 8.90. The molecule has 116 valence electrons. The van der Waals surface area contributed by atoms with Crippen molar-refractivity contribution < 1.29 is 9.13 Å². The van der Waals surface area contributed by atoms with Gasteiger partial charge in [-0.25, -0.2) is 4.90 Å². The summed E-state index contributed by atoms with van der Waals surface area (Å²) >= 11 is 11.9. The maximum Gasteiger partial charge on any atom is 0.349 e. The molecule has 0 N–H and O–H groups in total. The minimum absolute atomic E-state index is 0.668. The van der Waals surface area contributed by atoms with Gasteiger partial charge in [0.15, 0.2) is 13.1 Å². The van der Waals surface area contributed by atoms with E-state index in [9.17, 15) is 0 Å². The Balaban J connectivity index is 1.86. The molecule has 2 aromatic heterocycles. The van der Waals surface area contributed by atoms with E-state index in [0.717, 1.165) is 39.3 Å². The van der Waals surface area contributed by atoms with Gasteiger partial charge in [0.2, 0.25) is 5.82 Å². The van der Waals surface area contributed by atoms with Crippen molar-refractivity contribution in [3.05, 3.63) is 24.3 Å². The first kappa shape index (κ1) is 14.3. The number of alkyl halides is 2. The number of halogens is 2. The zero-order valence-electron chi connectivity index (χ0n) is 12.5. The average Bonchev–Trinajstić information content (AvgIpc) is 3.12. The number of rotatable bonds is 4. The van der Waals surface area contributed by atoms with Gasteiger partial charge in [-0.2, -0.15) is 4.57 Å². The van der Waals surface area contributed by atoms with Crippen molar-refractivity contribution in [2.75, 3.05) is 47.7 Å². The largest absolute Gasteiger partial charge is 0.349 e. The highest BCUT2D eigenvalue weighted by Crippen LogP contribution is 2.22. The monoisotopic (exact) mass is 338 g/mol. The van der Waals surface area contributed by atoms with Gasteiger partial charge in [-0.15, -0.1) is 27.8 Å². The molecule has 0 bridgehead atoms. The summed E-state index contributed by atoms with van der Waals surface area (Å²) in [5.74, 6) is 3.90. The third-order valence-electron chi connectivity index (χ3n) is 4.69. The van der Waals surface area contributed by atoms with Crippen molar-refractivity contribution in [1.29, 1.82) is 0 Å². The molecule has 4 nitrogen and oxygen atoms in total. The van der Waals surface area contributed by atoms with E-state index < -0.39 is 0 Å². The molecular formula is C16H20Cl2N4+2. The first-order valence-electron chi connectivity index (χ1n) is 7.84. The van der Waals surface area contributed by atoms with Crippen molar-refractivity contribution in [1.82, 2.24) is 0 Å². The van der Waals surface area contributed by atoms with E-state index in [0.29, 0.717) is 11.8 Å². The van der Waals surface area contributed by atoms with Crippen LogP contribution in [0.15, 0.2) is 24.3 Å². The molecule has 0 saturated heterocycles. The molecule has 0 saturated carbocycles. The van der Waals surface area contributed by atoms with Crippen molar-refractivity contribution in [3.8, 4) is 0 Å². The summed E-state index contributed by atoms with van der Waals surface area (Å²) in [7, 11) is 0. The van der Waals surface area contributed by atoms with E-state index in [1.807, 2.05) is 0 Å². The predicted octanol–water partition coefficient (Wildman–Crippen LogP) is 1.53. The number of aromatic nitrogens is 2. The van der Waals surface area contributed by atoms with Crippen molar-refractivity contribution in [2.24, 2.45) is 0 Å². The summed E-state index contributed by atoms with van der Waals surface area (Å²) in [5, 5.41) is 1.30. The van der Waals surface area contributed by atoms with E-state index in [2.05, 4.69) is 43.2 Å². The number of hydrogen-bond acceptors (Lipinski definition) is 2. The lowest BCUT2D eigenvalue weighted by molar-refractivity contribution is -0.753. The minimum atomic E-state index is 0.668. The zero-order chi connectivity index (χ0) is 15.1. The van der Waals surface area contributed by atoms with Crippen LogP contribution in [0.25, 0.3) is 11.0 Å². The van der Waals surface area contributed by atoms with Crippen LogP contribution in [0.3, 0.4) is 0 Å². The molecule has 2 aromatic rings. The lowest BCUT2D eigenvalue weighted by Crippen LogP contribution is -2.46. The second kappa shape index (κ2) is 5.74. The highest BCUT2D eigenvalue weighted by molar-refractivity contribution is 6.18. The molecule has 0 unspecified atom stereocenters. The van der Waals surface area contributed by atoms with Crippen molar-refractivity contribution in [3.63, 3.8) is 0 Å². The van der Waals surface area contributed by atoms with Crippen LogP contribution in [0.4, 0.5) is 11.6 Å². The highest BCUT2D eigenvalue weighted by atomic mass is 35.5. The first-order valence-corrected chi connectivity index (χ1v) is 8.91. The number of nitrogens with zero attached hydrogens (tertiary/aromatic N) is 4. The SMILES string of the molecule is ClCCN1CC[n+]2c1ccc1ccc3[n+](c12)CCN3CCCl. The van der Waals surface area contributed by atoms with Crippen LogP contribution >= 0.6 is 23.2 Å². The van der Waals surface area contributed by atoms with Crippen LogP contribution in [0.2, 0.25) is 0 Å². The number of anilines is 2. The quantitative estimate of drug-likeness (QED) is 0.620. The fourth-order valence-electron chi connectivity index (χ4n) is 3.71. The predicted molar refractivity (Wildman–Crippen MR) is 90.2 cm³/mol. The Morgan fingerprint density at radius 1 is 0.818 bits per heavy atom. The van der Waals surface area contributed by atoms with E-state index >= 15 is 0 Å². The molecule has 4 heterocycles. The molecule has 0 aromatic carbocycles. The van der Waals surface area contributed by atoms with E-state index in [1.54, 1.807) is 0 Å². The maximum atomic E-state index is 5.94. The van der Waals surface area contributed by atoms with Crippen LogP contribution in [0, 0.1) is 0 Å². The second-order valence-corrected chi connectivity index (χ2v) is 6.57. The molecule has 6 heteroatoms. The normalized spacial score (nSPS) is 16.5. The first-order chi connectivity index (χ1) is 10.8. The molecule has 4 rings (SSSR count). The zero-order valence-corrected chi connectivity index (χ0v) is 14.0. The summed E-state index contributed by atoms with van der Waals surface area (Å²) in [5.41, 5.74) is 1.32. The molecule has 0 spiro atoms. The van der Waals surface area contributed by atoms with Gasteiger partial charge in [0, 0.05) is 24.6 Å². The van der Waals surface area contributed by atoms with Crippen molar-refractivity contribution >= 4 is 45.9 Å². The smallest absolute Gasteiger partial charge is 0.327 e. The van der Waals surface area contributed by atoms with Crippen LogP contribution in [-0.2, 0) is 13.1 Å². The van der Waals surface area contributed by atoms with Gasteiger partial charge >= 0.3 is 11.5 Å². The van der Waals surface area contributed by atoms with E-state index in [1.165, 1.54) is 22.7 Å². The Morgan fingerprint density at radius 2 is 1.32 bits per heavy atom. The Kier molecular flexibility index (Phi) is 3.74. The van der Waals surface area contributed by atoms with Gasteiger partial charge in [-0.3, -0.25) is 0 Å². The lowest BCUT2D eigenvalue weighted by atomic mass is 10.2. The molecule has 22 heavy (non-hydrogen) atoms. The number of fused-ring (bicyclic) bond motifs is 5. The number of pyridine rings is 2. The van der Waals surface area contributed by atoms with Gasteiger partial charge in [-0.05, 0) is 12.1 Å². The summed E-state index contributed by atoms with van der Waals surface area (Å²) in [4.78, 5) is 4.75. The Hall–Kier alpha value is -1.26. The summed E-state index contributed by atoms with van der Waals surface area (Å²) in [6.07, 6.45) is 0. The minimum Gasteiger partial charge on any atom is -0.327 e. The molecule has 2 aliphatic rings. The molecular weight excluding hydrogens is 319 g/mol. The number of hydrogen-bond donors (Lipinski definition) is 0. The third-order valence-corrected chi connectivity index (χ3v) is 5.03. The van der Waals surface area contributed by atoms with Crippen molar-refractivity contribution in [2.45, 2.75) is 13.1 Å². The van der Waals surface area contributed by atoms with Crippen LogP contribution in [0.5, 0.6) is 0 Å². The van der Waals surface area contributed by atoms with Gasteiger partial charge in [0.05, 0.1) is 17.8 Å². The van der Waals surface area contributed by atoms with E-state index in [4.69, 9.17) is 23.2 Å². The fourth-order valence-corrected chi connectivity index (χ4v) is 4.12. The van der Waals surface area contributed by atoms with Gasteiger partial charge < -0.3 is 4.90 Å². The van der Waals surface area contributed by atoms with E-state index in [-0.39, 0.29) is 0 Å². The van der Waals surface area contributed by atoms with Gasteiger partial charge in [0.25, 0.3) is 0 Å². The molecule has 0 atom stereocenters. The van der Waals surface area contributed by atoms with Crippen LogP contribution in [0.1, 0.15) is 0 Å². The standard InChI is InChI=1S/C16H20Cl2N4/c17-5-7-19-9-11-21-14(19)3-1-13-2-4-15-20(8-6-18)10-12-22(15)16(13)21/h1-4H,5-12H2/q+2. The highest BCUT2D eigenvalue weighted by Gasteiger charge is 2.37. The molecule has 0 amide bonds. The second-order valence-electron chi connectivity index (χ2n) is 5.82. The summed E-state index contributed by atoms with van der Waals surface area (Å²) < 4.78 is 4.88. The van der Waals surface area contributed by atoms with Gasteiger partial charge in [-0.1, -0.05) is 0 Å². The topological polar surface area (TPSA) is 14.2 Å². The Labute approximate surface area is 140 Å². The third kappa shape index (κ3) is 2.12. The van der Waals surface area contributed by atoms with Gasteiger partial charge in [0.1, 0.15) is 13.1 Å². The molecule has 0 radical (unpaired) electrons. The lowest BCUT2D eigenvalue weighted by Gasteiger charge is -2.12. The molecule has 0 aliphatic carbocycles. The maximum absolute atomic E-state index is 5.94. The molecule has 2 aliphatic heterocycles. The Morgan fingerprint density at radius 3 is 1.77 bits per heavy atom. The summed E-state index contributed by atoms with van der Waals surface area (Å²) in [6.45, 7) is 5.96. The molecule has 0 fully saturated rings. The van der Waals surface area contributed by atoms with Crippen LogP contribution in [-0.4, -0.2) is 37.9 Å². The average molecular weight is 339 g/mol. The fraction of sp³-hybridized carbons (Fsp3) is 0.500.